The van der Waals surface area contributed by atoms with Crippen molar-refractivity contribution in [2.24, 2.45) is 0 Å². The predicted molar refractivity (Wildman–Crippen MR) is 162 cm³/mol. The topological polar surface area (TPSA) is 162 Å². The number of nitrogens with one attached hydrogen (secondary N) is 3. The fraction of sp³-hybridized carbons (Fsp3) is 0.226. The van der Waals surface area contributed by atoms with Crippen molar-refractivity contribution in [3.63, 3.8) is 0 Å². The summed E-state index contributed by atoms with van der Waals surface area (Å²) in [5.74, 6) is 0.00615. The second-order valence-electron chi connectivity index (χ2n) is 10.4. The largest absolute Gasteiger partial charge is 0.483 e. The Kier molecular flexibility index (Phi) is 9.29. The number of carbonyl (C=O) groups is 2. The monoisotopic (exact) mass is 631 g/mol. The highest BCUT2D eigenvalue weighted by molar-refractivity contribution is 5.90. The quantitative estimate of drug-likeness (QED) is 0.197. The van der Waals surface area contributed by atoms with Gasteiger partial charge < -0.3 is 15.7 Å². The van der Waals surface area contributed by atoms with Crippen LogP contribution in [0.1, 0.15) is 29.5 Å². The minimum atomic E-state index is -4.54. The Hall–Kier alpha value is -5.75. The number of carboxylic acid groups (broad SMARTS) is 1. The SMILES string of the molecule is Cc1c(-c2ccnn2-c2ccc(C#N)cc2)cn2nc(NC(=O)N[C@@H]3CCCNC3)nc2c1-c1cccc(C(F)(F)F)c1.O=CO. The molecule has 4 heterocycles. The molecule has 3 aromatic heterocycles. The van der Waals surface area contributed by atoms with Crippen LogP contribution in [0.4, 0.5) is 23.9 Å². The standard InChI is InChI=1S/C30H26F3N9O.CH2O2/c1-18-24(25-11-13-36-42(25)23-9-7-19(15-34)8-10-23)17-41-27(26(18)20-4-2-5-21(14-20)30(31,32)33)38-28(40-41)39-29(43)37-22-6-3-12-35-16-22;2-1-3/h2,4-5,7-11,13-14,17,22,35H,3,6,12,16H2,1H3,(H2,37,39,40,43);1H,(H,2,3)/t22-;/m1./s1. The molecular weight excluding hydrogens is 603 g/mol. The van der Waals surface area contributed by atoms with E-state index in [9.17, 15) is 23.2 Å². The lowest BCUT2D eigenvalue weighted by molar-refractivity contribution is -0.137. The second kappa shape index (κ2) is 13.5. The molecule has 2 aromatic carbocycles. The van der Waals surface area contributed by atoms with Gasteiger partial charge in [0.25, 0.3) is 12.4 Å². The maximum atomic E-state index is 13.7. The van der Waals surface area contributed by atoms with Gasteiger partial charge in [0.2, 0.25) is 0 Å². The van der Waals surface area contributed by atoms with Crippen molar-refractivity contribution in [3.05, 3.63) is 83.7 Å². The van der Waals surface area contributed by atoms with Gasteiger partial charge in [-0.25, -0.2) is 14.0 Å². The minimum Gasteiger partial charge on any atom is -0.483 e. The maximum Gasteiger partial charge on any atom is 0.416 e. The highest BCUT2D eigenvalue weighted by Crippen LogP contribution is 2.38. The zero-order valence-corrected chi connectivity index (χ0v) is 24.4. The lowest BCUT2D eigenvalue weighted by Gasteiger charge is -2.23. The first-order valence-electron chi connectivity index (χ1n) is 14.1. The van der Waals surface area contributed by atoms with Gasteiger partial charge in [-0.3, -0.25) is 10.1 Å². The molecule has 1 fully saturated rings. The van der Waals surface area contributed by atoms with Gasteiger partial charge >= 0.3 is 12.2 Å². The molecule has 0 unspecified atom stereocenters. The number of alkyl halides is 3. The summed E-state index contributed by atoms with van der Waals surface area (Å²) in [6, 6.07) is 15.3. The van der Waals surface area contributed by atoms with E-state index in [1.54, 1.807) is 60.4 Å². The number of amides is 2. The Bertz CT molecular complexity index is 1900. The Morgan fingerprint density at radius 3 is 2.63 bits per heavy atom. The van der Waals surface area contributed by atoms with Crippen LogP contribution in [-0.4, -0.2) is 61.1 Å². The number of piperidine rings is 1. The number of nitriles is 1. The van der Waals surface area contributed by atoms with Gasteiger partial charge in [-0.15, -0.1) is 5.10 Å². The molecule has 236 valence electrons. The van der Waals surface area contributed by atoms with Crippen molar-refractivity contribution in [3.8, 4) is 34.1 Å². The molecule has 1 aliphatic heterocycles. The molecule has 46 heavy (non-hydrogen) atoms. The summed E-state index contributed by atoms with van der Waals surface area (Å²) >= 11 is 0. The Balaban J connectivity index is 0.00000134. The molecule has 2 amide bonds. The van der Waals surface area contributed by atoms with Gasteiger partial charge in [0.15, 0.2) is 5.65 Å². The summed E-state index contributed by atoms with van der Waals surface area (Å²) in [4.78, 5) is 25.6. The molecule has 12 nitrogen and oxygen atoms in total. The number of rotatable bonds is 5. The van der Waals surface area contributed by atoms with Crippen molar-refractivity contribution >= 4 is 24.1 Å². The first-order valence-corrected chi connectivity index (χ1v) is 14.1. The summed E-state index contributed by atoms with van der Waals surface area (Å²) < 4.78 is 44.3. The van der Waals surface area contributed by atoms with E-state index < -0.39 is 17.8 Å². The fourth-order valence-electron chi connectivity index (χ4n) is 5.30. The van der Waals surface area contributed by atoms with E-state index in [0.29, 0.717) is 45.7 Å². The molecule has 1 saturated heterocycles. The molecule has 0 bridgehead atoms. The van der Waals surface area contributed by atoms with Crippen molar-refractivity contribution in [2.75, 3.05) is 18.4 Å². The molecule has 0 spiro atoms. The molecule has 0 aliphatic carbocycles. The van der Waals surface area contributed by atoms with Gasteiger partial charge in [-0.2, -0.15) is 28.5 Å². The van der Waals surface area contributed by atoms with Crippen molar-refractivity contribution < 1.29 is 27.9 Å². The number of nitrogens with zero attached hydrogens (tertiary/aromatic N) is 6. The third-order valence-corrected chi connectivity index (χ3v) is 7.38. The van der Waals surface area contributed by atoms with Crippen LogP contribution in [0.2, 0.25) is 0 Å². The van der Waals surface area contributed by atoms with Crippen LogP contribution in [0.15, 0.2) is 67.0 Å². The maximum absolute atomic E-state index is 13.7. The molecule has 0 radical (unpaired) electrons. The number of carbonyl (C=O) groups excluding carboxylic acids is 1. The lowest BCUT2D eigenvalue weighted by atomic mass is 9.95. The van der Waals surface area contributed by atoms with E-state index in [1.807, 2.05) is 0 Å². The van der Waals surface area contributed by atoms with E-state index in [2.05, 4.69) is 37.2 Å². The van der Waals surface area contributed by atoms with Gasteiger partial charge in [-0.1, -0.05) is 12.1 Å². The highest BCUT2D eigenvalue weighted by Gasteiger charge is 2.31. The van der Waals surface area contributed by atoms with E-state index in [0.717, 1.165) is 31.5 Å². The summed E-state index contributed by atoms with van der Waals surface area (Å²) in [5, 5.41) is 33.8. The zero-order valence-electron chi connectivity index (χ0n) is 24.4. The predicted octanol–water partition coefficient (Wildman–Crippen LogP) is 5.02. The summed E-state index contributed by atoms with van der Waals surface area (Å²) in [6.45, 7) is 3.10. The van der Waals surface area contributed by atoms with E-state index in [-0.39, 0.29) is 24.1 Å². The molecule has 15 heteroatoms. The smallest absolute Gasteiger partial charge is 0.416 e. The Morgan fingerprint density at radius 1 is 1.20 bits per heavy atom. The van der Waals surface area contributed by atoms with Crippen molar-refractivity contribution in [2.45, 2.75) is 32.0 Å². The number of halogens is 3. The third-order valence-electron chi connectivity index (χ3n) is 7.38. The van der Waals surface area contributed by atoms with Gasteiger partial charge in [0.1, 0.15) is 0 Å². The summed E-state index contributed by atoms with van der Waals surface area (Å²) in [5.41, 5.74) is 3.30. The van der Waals surface area contributed by atoms with Crippen molar-refractivity contribution in [1.29, 1.82) is 5.26 Å². The first-order chi connectivity index (χ1) is 22.1. The average Bonchev–Trinajstić information content (AvgIpc) is 3.68. The second-order valence-corrected chi connectivity index (χ2v) is 10.4. The van der Waals surface area contributed by atoms with Crippen molar-refractivity contribution in [1.82, 2.24) is 35.0 Å². The number of pyridine rings is 1. The normalized spacial score (nSPS) is 14.5. The molecule has 0 saturated carbocycles. The molecule has 1 atom stereocenters. The van der Waals surface area contributed by atoms with Crippen LogP contribution in [-0.2, 0) is 11.0 Å². The number of hydrogen-bond donors (Lipinski definition) is 4. The number of benzene rings is 2. The number of hydrogen-bond acceptors (Lipinski definition) is 7. The number of urea groups is 1. The van der Waals surface area contributed by atoms with E-state index >= 15 is 0 Å². The van der Waals surface area contributed by atoms with Crippen LogP contribution < -0.4 is 16.0 Å². The third kappa shape index (κ3) is 6.81. The number of fused-ring (bicyclic) bond motifs is 1. The molecule has 1 aliphatic rings. The minimum absolute atomic E-state index is 0.00615. The molecule has 4 N–H and O–H groups in total. The lowest BCUT2D eigenvalue weighted by Crippen LogP contribution is -2.47. The number of anilines is 1. The van der Waals surface area contributed by atoms with Crippen LogP contribution >= 0.6 is 0 Å². The molecular formula is C31H28F3N9O3. The first kappa shape index (κ1) is 31.7. The van der Waals surface area contributed by atoms with E-state index in [4.69, 9.17) is 9.90 Å². The van der Waals surface area contributed by atoms with Gasteiger partial charge in [0, 0.05) is 29.9 Å². The average molecular weight is 632 g/mol. The van der Waals surface area contributed by atoms with Crippen LogP contribution in [0, 0.1) is 18.3 Å². The molecule has 6 rings (SSSR count). The zero-order chi connectivity index (χ0) is 32.8. The summed E-state index contributed by atoms with van der Waals surface area (Å²) in [6.07, 6.45) is 0.561. The Morgan fingerprint density at radius 2 is 1.96 bits per heavy atom. The van der Waals surface area contributed by atoms with E-state index in [1.165, 1.54) is 10.6 Å². The van der Waals surface area contributed by atoms with Gasteiger partial charge in [0.05, 0.1) is 34.8 Å². The fourth-order valence-corrected chi connectivity index (χ4v) is 5.30. The highest BCUT2D eigenvalue weighted by atomic mass is 19.4. The summed E-state index contributed by atoms with van der Waals surface area (Å²) in [7, 11) is 0. The van der Waals surface area contributed by atoms with Gasteiger partial charge in [-0.05, 0) is 79.9 Å². The Labute approximate surface area is 260 Å². The number of aromatic nitrogens is 5. The van der Waals surface area contributed by atoms with Crippen LogP contribution in [0.3, 0.4) is 0 Å². The molecule has 5 aromatic rings. The van der Waals surface area contributed by atoms with Crippen LogP contribution in [0.25, 0.3) is 33.7 Å². The van der Waals surface area contributed by atoms with Crippen LogP contribution in [0.5, 0.6) is 0 Å².